The Labute approximate surface area is 96.1 Å². The molecule has 84 valence electrons. The van der Waals surface area contributed by atoms with E-state index in [1.54, 1.807) is 0 Å². The van der Waals surface area contributed by atoms with E-state index in [0.717, 1.165) is 11.4 Å². The van der Waals surface area contributed by atoms with Crippen LogP contribution in [-0.4, -0.2) is 9.78 Å². The van der Waals surface area contributed by atoms with Gasteiger partial charge in [-0.2, -0.15) is 5.10 Å². The molecule has 2 aromatic rings. The Morgan fingerprint density at radius 2 is 1.94 bits per heavy atom. The van der Waals surface area contributed by atoms with Gasteiger partial charge in [0.25, 0.3) is 0 Å². The van der Waals surface area contributed by atoms with Crippen molar-refractivity contribution in [2.24, 2.45) is 7.05 Å². The topological polar surface area (TPSA) is 29.9 Å². The van der Waals surface area contributed by atoms with Crippen molar-refractivity contribution >= 4 is 5.69 Å². The standard InChI is InChI=1S/C13H17N3/c1-10(13-9-16(3)15-11(13)2)14-12-7-5-4-6-8-12/h4-10,14H,1-3H3. The van der Waals surface area contributed by atoms with Crippen LogP contribution in [0.1, 0.15) is 24.2 Å². The van der Waals surface area contributed by atoms with E-state index in [4.69, 9.17) is 0 Å². The second-order valence-corrected chi connectivity index (χ2v) is 4.08. The van der Waals surface area contributed by atoms with E-state index >= 15 is 0 Å². The molecule has 2 rings (SSSR count). The number of nitrogens with one attached hydrogen (secondary N) is 1. The molecule has 3 heteroatoms. The van der Waals surface area contributed by atoms with Gasteiger partial charge < -0.3 is 5.32 Å². The fourth-order valence-electron chi connectivity index (χ4n) is 1.91. The molecule has 0 fully saturated rings. The van der Waals surface area contributed by atoms with Crippen LogP contribution in [0.3, 0.4) is 0 Å². The fourth-order valence-corrected chi connectivity index (χ4v) is 1.91. The molecular formula is C13H17N3. The van der Waals surface area contributed by atoms with Crippen molar-refractivity contribution in [3.8, 4) is 0 Å². The average Bonchev–Trinajstić information content (AvgIpc) is 2.59. The SMILES string of the molecule is Cc1nn(C)cc1C(C)Nc1ccccc1. The zero-order chi connectivity index (χ0) is 11.5. The summed E-state index contributed by atoms with van der Waals surface area (Å²) in [5, 5.41) is 7.81. The van der Waals surface area contributed by atoms with Crippen molar-refractivity contribution in [2.45, 2.75) is 19.9 Å². The van der Waals surface area contributed by atoms with Gasteiger partial charge in [0.1, 0.15) is 0 Å². The molecule has 3 nitrogen and oxygen atoms in total. The van der Waals surface area contributed by atoms with Crippen LogP contribution in [0.4, 0.5) is 5.69 Å². The first-order chi connectivity index (χ1) is 7.66. The first kappa shape index (κ1) is 10.7. The molecule has 0 bridgehead atoms. The third kappa shape index (κ3) is 2.24. The molecule has 0 radical (unpaired) electrons. The van der Waals surface area contributed by atoms with Crippen LogP contribution in [0.5, 0.6) is 0 Å². The van der Waals surface area contributed by atoms with Gasteiger partial charge in [-0.15, -0.1) is 0 Å². The predicted molar refractivity (Wildman–Crippen MR) is 66.4 cm³/mol. The Morgan fingerprint density at radius 3 is 2.50 bits per heavy atom. The van der Waals surface area contributed by atoms with Crippen LogP contribution < -0.4 is 5.32 Å². The Bertz CT molecular complexity index is 459. The summed E-state index contributed by atoms with van der Waals surface area (Å²) < 4.78 is 1.86. The van der Waals surface area contributed by atoms with Crippen LogP contribution >= 0.6 is 0 Å². The van der Waals surface area contributed by atoms with E-state index in [1.807, 2.05) is 36.9 Å². The third-order valence-electron chi connectivity index (χ3n) is 2.67. The Balaban J connectivity index is 2.14. The summed E-state index contributed by atoms with van der Waals surface area (Å²) >= 11 is 0. The molecule has 1 N–H and O–H groups in total. The van der Waals surface area contributed by atoms with E-state index in [2.05, 4.69) is 35.7 Å². The summed E-state index contributed by atoms with van der Waals surface area (Å²) in [4.78, 5) is 0. The highest BCUT2D eigenvalue weighted by Gasteiger charge is 2.10. The molecule has 1 atom stereocenters. The number of hydrogen-bond donors (Lipinski definition) is 1. The van der Waals surface area contributed by atoms with E-state index in [-0.39, 0.29) is 6.04 Å². The van der Waals surface area contributed by atoms with Crippen molar-refractivity contribution in [1.29, 1.82) is 0 Å². The molecule has 1 aromatic heterocycles. The van der Waals surface area contributed by atoms with Gasteiger partial charge in [0.15, 0.2) is 0 Å². The van der Waals surface area contributed by atoms with Crippen LogP contribution in [-0.2, 0) is 7.05 Å². The lowest BCUT2D eigenvalue weighted by Crippen LogP contribution is -2.06. The Morgan fingerprint density at radius 1 is 1.25 bits per heavy atom. The molecule has 0 aliphatic carbocycles. The zero-order valence-corrected chi connectivity index (χ0v) is 9.94. The van der Waals surface area contributed by atoms with Crippen LogP contribution in [0.25, 0.3) is 0 Å². The summed E-state index contributed by atoms with van der Waals surface area (Å²) in [7, 11) is 1.95. The monoisotopic (exact) mass is 215 g/mol. The molecule has 0 aliphatic heterocycles. The van der Waals surface area contributed by atoms with E-state index in [0.29, 0.717) is 0 Å². The minimum absolute atomic E-state index is 0.274. The van der Waals surface area contributed by atoms with Gasteiger partial charge in [-0.25, -0.2) is 0 Å². The van der Waals surface area contributed by atoms with Crippen molar-refractivity contribution in [3.63, 3.8) is 0 Å². The minimum atomic E-state index is 0.274. The molecule has 0 spiro atoms. The van der Waals surface area contributed by atoms with Crippen molar-refractivity contribution < 1.29 is 0 Å². The fraction of sp³-hybridized carbons (Fsp3) is 0.308. The number of aryl methyl sites for hydroxylation is 2. The van der Waals surface area contributed by atoms with Gasteiger partial charge in [0.05, 0.1) is 11.7 Å². The molecule has 0 amide bonds. The van der Waals surface area contributed by atoms with Crippen molar-refractivity contribution in [1.82, 2.24) is 9.78 Å². The lowest BCUT2D eigenvalue weighted by atomic mass is 10.1. The molecule has 16 heavy (non-hydrogen) atoms. The van der Waals surface area contributed by atoms with E-state index in [1.165, 1.54) is 5.56 Å². The maximum atomic E-state index is 4.35. The zero-order valence-electron chi connectivity index (χ0n) is 9.94. The highest BCUT2D eigenvalue weighted by Crippen LogP contribution is 2.20. The number of aromatic nitrogens is 2. The molecule has 1 unspecified atom stereocenters. The number of rotatable bonds is 3. The van der Waals surface area contributed by atoms with Crippen LogP contribution in [0.15, 0.2) is 36.5 Å². The maximum Gasteiger partial charge on any atom is 0.0646 e. The summed E-state index contributed by atoms with van der Waals surface area (Å²) in [6, 6.07) is 10.5. The maximum absolute atomic E-state index is 4.35. The normalized spacial score (nSPS) is 12.4. The van der Waals surface area contributed by atoms with Crippen molar-refractivity contribution in [2.75, 3.05) is 5.32 Å². The quantitative estimate of drug-likeness (QED) is 0.853. The molecular weight excluding hydrogens is 198 g/mol. The lowest BCUT2D eigenvalue weighted by molar-refractivity contribution is 0.756. The summed E-state index contributed by atoms with van der Waals surface area (Å²) in [6.45, 7) is 4.19. The highest BCUT2D eigenvalue weighted by molar-refractivity contribution is 5.45. The number of para-hydroxylation sites is 1. The van der Waals surface area contributed by atoms with Gasteiger partial charge in [-0.1, -0.05) is 18.2 Å². The first-order valence-electron chi connectivity index (χ1n) is 5.48. The smallest absolute Gasteiger partial charge is 0.0646 e. The third-order valence-corrected chi connectivity index (χ3v) is 2.67. The van der Waals surface area contributed by atoms with E-state index in [9.17, 15) is 0 Å². The van der Waals surface area contributed by atoms with Crippen LogP contribution in [0.2, 0.25) is 0 Å². The number of benzene rings is 1. The molecule has 0 saturated carbocycles. The molecule has 1 aromatic carbocycles. The van der Waals surface area contributed by atoms with Gasteiger partial charge in [0.2, 0.25) is 0 Å². The summed E-state index contributed by atoms with van der Waals surface area (Å²) in [5.74, 6) is 0. The minimum Gasteiger partial charge on any atom is -0.378 e. The summed E-state index contributed by atoms with van der Waals surface area (Å²) in [6.07, 6.45) is 2.07. The number of nitrogens with zero attached hydrogens (tertiary/aromatic N) is 2. The second kappa shape index (κ2) is 4.39. The summed E-state index contributed by atoms with van der Waals surface area (Å²) in [5.41, 5.74) is 3.46. The van der Waals surface area contributed by atoms with Gasteiger partial charge in [-0.3, -0.25) is 4.68 Å². The van der Waals surface area contributed by atoms with Gasteiger partial charge in [0, 0.05) is 24.5 Å². The van der Waals surface area contributed by atoms with Crippen LogP contribution in [0, 0.1) is 6.92 Å². The van der Waals surface area contributed by atoms with Gasteiger partial charge >= 0.3 is 0 Å². The molecule has 0 saturated heterocycles. The lowest BCUT2D eigenvalue weighted by Gasteiger charge is -2.14. The van der Waals surface area contributed by atoms with Crippen molar-refractivity contribution in [3.05, 3.63) is 47.8 Å². The van der Waals surface area contributed by atoms with Gasteiger partial charge in [-0.05, 0) is 26.0 Å². The van der Waals surface area contributed by atoms with E-state index < -0.39 is 0 Å². The number of anilines is 1. The molecule has 0 aliphatic rings. The Hall–Kier alpha value is -1.77. The first-order valence-corrected chi connectivity index (χ1v) is 5.48. The average molecular weight is 215 g/mol. The number of hydrogen-bond acceptors (Lipinski definition) is 2. The molecule has 1 heterocycles. The second-order valence-electron chi connectivity index (χ2n) is 4.08. The highest BCUT2D eigenvalue weighted by atomic mass is 15.3. The Kier molecular flexibility index (Phi) is 2.95. The largest absolute Gasteiger partial charge is 0.378 e. The predicted octanol–water partition coefficient (Wildman–Crippen LogP) is 2.90.